The van der Waals surface area contributed by atoms with Crippen LogP contribution in [0.25, 0.3) is 0 Å². The molecule has 0 saturated heterocycles. The second-order valence-corrected chi connectivity index (χ2v) is 2.89. The number of anilines is 1. The Balaban J connectivity index is 2.33. The van der Waals surface area contributed by atoms with E-state index in [2.05, 4.69) is 15.2 Å². The molecule has 0 atom stereocenters. The van der Waals surface area contributed by atoms with Gasteiger partial charge in [0.2, 0.25) is 0 Å². The second kappa shape index (κ2) is 5.14. The maximum Gasteiger partial charge on any atom is 0.306 e. The van der Waals surface area contributed by atoms with Crippen molar-refractivity contribution in [2.24, 2.45) is 0 Å². The molecule has 1 heterocycles. The van der Waals surface area contributed by atoms with Crippen molar-refractivity contribution < 1.29 is 18.8 Å². The van der Waals surface area contributed by atoms with Gasteiger partial charge in [0.15, 0.2) is 12.4 Å². The van der Waals surface area contributed by atoms with Gasteiger partial charge in [0.25, 0.3) is 5.91 Å². The molecule has 1 aromatic rings. The molecule has 15 heavy (non-hydrogen) atoms. The molecule has 82 valence electrons. The van der Waals surface area contributed by atoms with Crippen LogP contribution in [-0.2, 0) is 14.3 Å². The summed E-state index contributed by atoms with van der Waals surface area (Å²) in [5.41, 5.74) is 0. The number of aryl methyl sites for hydroxylation is 1. The van der Waals surface area contributed by atoms with Gasteiger partial charge in [-0.25, -0.2) is 0 Å². The minimum Gasteiger partial charge on any atom is -0.456 e. The molecule has 6 nitrogen and oxygen atoms in total. The van der Waals surface area contributed by atoms with Crippen molar-refractivity contribution in [2.45, 2.75) is 20.3 Å². The van der Waals surface area contributed by atoms with Crippen molar-refractivity contribution in [2.75, 3.05) is 11.9 Å². The number of hydrogen-bond donors (Lipinski definition) is 1. The van der Waals surface area contributed by atoms with E-state index in [9.17, 15) is 9.59 Å². The van der Waals surface area contributed by atoms with E-state index in [-0.39, 0.29) is 13.0 Å². The first-order valence-electron chi connectivity index (χ1n) is 4.50. The SMILES string of the molecule is CCC(=O)OCC(=O)Nc1cc(C)on1. The molecule has 0 unspecified atom stereocenters. The Morgan fingerprint density at radius 2 is 2.33 bits per heavy atom. The van der Waals surface area contributed by atoms with Crippen molar-refractivity contribution in [3.05, 3.63) is 11.8 Å². The van der Waals surface area contributed by atoms with Crippen molar-refractivity contribution in [3.63, 3.8) is 0 Å². The predicted octanol–water partition coefficient (Wildman–Crippen LogP) is 0.875. The number of nitrogens with zero attached hydrogens (tertiary/aromatic N) is 1. The standard InChI is InChI=1S/C9H12N2O4/c1-3-9(13)14-5-8(12)10-7-4-6(2)15-11-7/h4H,3,5H2,1-2H3,(H,10,11,12). The van der Waals surface area contributed by atoms with Crippen LogP contribution in [0.1, 0.15) is 19.1 Å². The first kappa shape index (κ1) is 11.2. The van der Waals surface area contributed by atoms with Gasteiger partial charge in [-0.05, 0) is 6.92 Å². The van der Waals surface area contributed by atoms with E-state index in [1.807, 2.05) is 0 Å². The second-order valence-electron chi connectivity index (χ2n) is 2.89. The topological polar surface area (TPSA) is 81.4 Å². The first-order chi connectivity index (χ1) is 7.11. The monoisotopic (exact) mass is 212 g/mol. The largest absolute Gasteiger partial charge is 0.456 e. The molecule has 0 aromatic carbocycles. The van der Waals surface area contributed by atoms with Crippen LogP contribution < -0.4 is 5.32 Å². The van der Waals surface area contributed by atoms with Gasteiger partial charge in [0.05, 0.1) is 0 Å². The summed E-state index contributed by atoms with van der Waals surface area (Å²) in [6, 6.07) is 1.57. The Morgan fingerprint density at radius 3 is 2.87 bits per heavy atom. The summed E-state index contributed by atoms with van der Waals surface area (Å²) in [7, 11) is 0. The van der Waals surface area contributed by atoms with Crippen molar-refractivity contribution in [3.8, 4) is 0 Å². The van der Waals surface area contributed by atoms with E-state index in [0.717, 1.165) is 0 Å². The van der Waals surface area contributed by atoms with E-state index in [1.165, 1.54) is 0 Å². The lowest BCUT2D eigenvalue weighted by Crippen LogP contribution is -2.20. The molecule has 0 saturated carbocycles. The number of esters is 1. The fourth-order valence-electron chi connectivity index (χ4n) is 0.852. The zero-order valence-corrected chi connectivity index (χ0v) is 8.57. The third kappa shape index (κ3) is 3.80. The molecule has 0 aliphatic carbocycles. The van der Waals surface area contributed by atoms with E-state index < -0.39 is 11.9 Å². The number of carbonyl (C=O) groups is 2. The molecular weight excluding hydrogens is 200 g/mol. The quantitative estimate of drug-likeness (QED) is 0.749. The molecular formula is C9H12N2O4. The fourth-order valence-corrected chi connectivity index (χ4v) is 0.852. The molecule has 0 fully saturated rings. The Kier molecular flexibility index (Phi) is 3.84. The molecule has 1 N–H and O–H groups in total. The van der Waals surface area contributed by atoms with Crippen LogP contribution in [0.3, 0.4) is 0 Å². The third-order valence-corrected chi connectivity index (χ3v) is 1.55. The van der Waals surface area contributed by atoms with Crippen LogP contribution in [0.4, 0.5) is 5.82 Å². The van der Waals surface area contributed by atoms with Gasteiger partial charge >= 0.3 is 5.97 Å². The lowest BCUT2D eigenvalue weighted by atomic mass is 10.5. The number of aromatic nitrogens is 1. The highest BCUT2D eigenvalue weighted by Gasteiger charge is 2.08. The van der Waals surface area contributed by atoms with Crippen LogP contribution in [0, 0.1) is 6.92 Å². The third-order valence-electron chi connectivity index (χ3n) is 1.55. The predicted molar refractivity (Wildman–Crippen MR) is 51.1 cm³/mol. The highest BCUT2D eigenvalue weighted by molar-refractivity contribution is 5.91. The molecule has 0 aliphatic rings. The van der Waals surface area contributed by atoms with Crippen LogP contribution in [-0.4, -0.2) is 23.6 Å². The molecule has 0 aliphatic heterocycles. The van der Waals surface area contributed by atoms with Crippen LogP contribution in [0.5, 0.6) is 0 Å². The van der Waals surface area contributed by atoms with Crippen LogP contribution in [0.2, 0.25) is 0 Å². The van der Waals surface area contributed by atoms with Crippen LogP contribution in [0.15, 0.2) is 10.6 Å². The van der Waals surface area contributed by atoms with Gasteiger partial charge in [0, 0.05) is 12.5 Å². The smallest absolute Gasteiger partial charge is 0.306 e. The number of ether oxygens (including phenoxy) is 1. The van der Waals surface area contributed by atoms with Gasteiger partial charge < -0.3 is 14.6 Å². The lowest BCUT2D eigenvalue weighted by molar-refractivity contribution is -0.146. The van der Waals surface area contributed by atoms with Crippen LogP contribution >= 0.6 is 0 Å². The first-order valence-corrected chi connectivity index (χ1v) is 4.50. The van der Waals surface area contributed by atoms with Gasteiger partial charge in [-0.1, -0.05) is 12.1 Å². The van der Waals surface area contributed by atoms with E-state index in [0.29, 0.717) is 11.6 Å². The van der Waals surface area contributed by atoms with E-state index in [4.69, 9.17) is 4.52 Å². The van der Waals surface area contributed by atoms with E-state index >= 15 is 0 Å². The summed E-state index contributed by atoms with van der Waals surface area (Å²) < 4.78 is 9.36. The van der Waals surface area contributed by atoms with Gasteiger partial charge in [0.1, 0.15) is 5.76 Å². The summed E-state index contributed by atoms with van der Waals surface area (Å²) in [4.78, 5) is 21.9. The number of amides is 1. The van der Waals surface area contributed by atoms with Gasteiger partial charge in [-0.3, -0.25) is 9.59 Å². The molecule has 0 bridgehead atoms. The lowest BCUT2D eigenvalue weighted by Gasteiger charge is -2.02. The maximum atomic E-state index is 11.2. The molecule has 6 heteroatoms. The maximum absolute atomic E-state index is 11.2. The van der Waals surface area contributed by atoms with Gasteiger partial charge in [-0.2, -0.15) is 0 Å². The Bertz CT molecular complexity index is 359. The average molecular weight is 212 g/mol. The molecule has 0 radical (unpaired) electrons. The number of hydrogen-bond acceptors (Lipinski definition) is 5. The molecule has 1 aromatic heterocycles. The zero-order chi connectivity index (χ0) is 11.3. The van der Waals surface area contributed by atoms with Crippen molar-refractivity contribution in [1.29, 1.82) is 0 Å². The minimum atomic E-state index is -0.440. The normalized spacial score (nSPS) is 9.73. The number of carbonyl (C=O) groups excluding carboxylic acids is 2. The average Bonchev–Trinajstić information content (AvgIpc) is 2.60. The Labute approximate surface area is 86.6 Å². The summed E-state index contributed by atoms with van der Waals surface area (Å²) in [5, 5.41) is 5.98. The Morgan fingerprint density at radius 1 is 1.60 bits per heavy atom. The number of nitrogens with one attached hydrogen (secondary N) is 1. The van der Waals surface area contributed by atoms with E-state index in [1.54, 1.807) is 19.9 Å². The Hall–Kier alpha value is -1.85. The highest BCUT2D eigenvalue weighted by Crippen LogP contribution is 2.06. The van der Waals surface area contributed by atoms with Crippen molar-refractivity contribution >= 4 is 17.7 Å². The molecule has 1 amide bonds. The summed E-state index contributed by atoms with van der Waals surface area (Å²) in [6.07, 6.45) is 0.246. The fraction of sp³-hybridized carbons (Fsp3) is 0.444. The number of rotatable bonds is 4. The van der Waals surface area contributed by atoms with Crippen molar-refractivity contribution in [1.82, 2.24) is 5.16 Å². The summed E-state index contributed by atoms with van der Waals surface area (Å²) in [6.45, 7) is 3.06. The zero-order valence-electron chi connectivity index (χ0n) is 8.57. The molecule has 0 spiro atoms. The summed E-state index contributed by atoms with van der Waals surface area (Å²) in [5.74, 6) is 0.0486. The van der Waals surface area contributed by atoms with Gasteiger partial charge in [-0.15, -0.1) is 0 Å². The highest BCUT2D eigenvalue weighted by atomic mass is 16.5. The molecule has 1 rings (SSSR count). The minimum absolute atomic E-state index is 0.246. The summed E-state index contributed by atoms with van der Waals surface area (Å²) >= 11 is 0.